The van der Waals surface area contributed by atoms with Crippen LogP contribution in [0.15, 0.2) is 42.5 Å². The highest BCUT2D eigenvalue weighted by atomic mass is 16.5. The van der Waals surface area contributed by atoms with Crippen molar-refractivity contribution in [2.24, 2.45) is 5.92 Å². The number of rotatable bonds is 10. The number of ether oxygens (including phenoxy) is 2. The van der Waals surface area contributed by atoms with Gasteiger partial charge in [-0.15, -0.1) is 0 Å². The number of aryl methyl sites for hydroxylation is 1. The van der Waals surface area contributed by atoms with Crippen molar-refractivity contribution in [1.82, 2.24) is 16.2 Å². The summed E-state index contributed by atoms with van der Waals surface area (Å²) in [4.78, 5) is 37.8. The number of hydrazine groups is 1. The Kier molecular flexibility index (Phi) is 9.72. The van der Waals surface area contributed by atoms with Crippen molar-refractivity contribution in [3.63, 3.8) is 0 Å². The summed E-state index contributed by atoms with van der Waals surface area (Å²) in [6.45, 7) is 8.17. The highest BCUT2D eigenvalue weighted by Gasteiger charge is 2.25. The standard InChI is InChI=1S/C25H33N3O5/c1-6-7-14-33-20-13-12-19(15-21(20)32-5)24(30)27-28-25(31)22(16(2)3)26-23(29)18-10-8-17(4)9-11-18/h8-13,15-16,22H,6-7,14H2,1-5H3,(H,26,29)(H,27,30)(H,28,31)/t22-/m0/s1. The Labute approximate surface area is 195 Å². The average molecular weight is 456 g/mol. The maximum absolute atomic E-state index is 12.7. The molecule has 3 N–H and O–H groups in total. The van der Waals surface area contributed by atoms with E-state index in [1.54, 1.807) is 30.3 Å². The fraction of sp³-hybridized carbons (Fsp3) is 0.400. The Bertz CT molecular complexity index is 957. The van der Waals surface area contributed by atoms with Crippen molar-refractivity contribution in [3.8, 4) is 11.5 Å². The fourth-order valence-electron chi connectivity index (χ4n) is 2.99. The number of methoxy groups -OCH3 is 1. The molecule has 0 heterocycles. The lowest BCUT2D eigenvalue weighted by Gasteiger charge is -2.22. The molecule has 0 aliphatic heterocycles. The van der Waals surface area contributed by atoms with Crippen LogP contribution in [0.3, 0.4) is 0 Å². The third-order valence-corrected chi connectivity index (χ3v) is 5.03. The Balaban J connectivity index is 1.99. The fourth-order valence-corrected chi connectivity index (χ4v) is 2.99. The molecule has 2 aromatic rings. The zero-order valence-corrected chi connectivity index (χ0v) is 19.9. The van der Waals surface area contributed by atoms with Crippen LogP contribution in [0, 0.1) is 12.8 Å². The second kappa shape index (κ2) is 12.5. The Morgan fingerprint density at radius 3 is 2.18 bits per heavy atom. The summed E-state index contributed by atoms with van der Waals surface area (Å²) in [7, 11) is 1.50. The maximum Gasteiger partial charge on any atom is 0.269 e. The minimum atomic E-state index is -0.831. The van der Waals surface area contributed by atoms with Crippen molar-refractivity contribution in [2.75, 3.05) is 13.7 Å². The van der Waals surface area contributed by atoms with Gasteiger partial charge in [-0.2, -0.15) is 0 Å². The zero-order valence-electron chi connectivity index (χ0n) is 19.9. The molecule has 8 heteroatoms. The number of hydrogen-bond acceptors (Lipinski definition) is 5. The molecular weight excluding hydrogens is 422 g/mol. The minimum absolute atomic E-state index is 0.198. The molecule has 0 bridgehead atoms. The molecule has 0 fully saturated rings. The number of unbranched alkanes of at least 4 members (excludes halogenated alkanes) is 1. The van der Waals surface area contributed by atoms with E-state index in [1.807, 2.05) is 32.9 Å². The Morgan fingerprint density at radius 1 is 0.909 bits per heavy atom. The topological polar surface area (TPSA) is 106 Å². The number of hydrogen-bond donors (Lipinski definition) is 3. The molecule has 0 saturated carbocycles. The molecule has 2 aromatic carbocycles. The molecule has 0 saturated heterocycles. The largest absolute Gasteiger partial charge is 0.493 e. The summed E-state index contributed by atoms with van der Waals surface area (Å²) in [5.41, 5.74) is 6.57. The first kappa shape index (κ1) is 25.7. The number of carbonyl (C=O) groups is 3. The third kappa shape index (κ3) is 7.52. The van der Waals surface area contributed by atoms with Gasteiger partial charge in [0.15, 0.2) is 11.5 Å². The zero-order chi connectivity index (χ0) is 24.4. The lowest BCUT2D eigenvalue weighted by atomic mass is 10.0. The van der Waals surface area contributed by atoms with Gasteiger partial charge in [0.2, 0.25) is 0 Å². The van der Waals surface area contributed by atoms with E-state index in [2.05, 4.69) is 23.1 Å². The van der Waals surface area contributed by atoms with Crippen LogP contribution < -0.4 is 25.6 Å². The summed E-state index contributed by atoms with van der Waals surface area (Å²) in [5, 5.41) is 2.73. The van der Waals surface area contributed by atoms with Crippen molar-refractivity contribution in [2.45, 2.75) is 46.6 Å². The second-order valence-corrected chi connectivity index (χ2v) is 8.07. The van der Waals surface area contributed by atoms with Crippen molar-refractivity contribution in [1.29, 1.82) is 0 Å². The van der Waals surface area contributed by atoms with Crippen molar-refractivity contribution in [3.05, 3.63) is 59.2 Å². The summed E-state index contributed by atoms with van der Waals surface area (Å²) < 4.78 is 11.0. The third-order valence-electron chi connectivity index (χ3n) is 5.03. The molecule has 1 atom stereocenters. The number of benzene rings is 2. The van der Waals surface area contributed by atoms with Crippen LogP contribution in [0.4, 0.5) is 0 Å². The first-order chi connectivity index (χ1) is 15.8. The molecule has 33 heavy (non-hydrogen) atoms. The van der Waals surface area contributed by atoms with Crippen LogP contribution in [-0.4, -0.2) is 37.5 Å². The normalized spacial score (nSPS) is 11.5. The molecule has 0 aromatic heterocycles. The highest BCUT2D eigenvalue weighted by Crippen LogP contribution is 2.28. The molecule has 0 unspecified atom stereocenters. The first-order valence-corrected chi connectivity index (χ1v) is 11.0. The van der Waals surface area contributed by atoms with Gasteiger partial charge in [-0.05, 0) is 49.6 Å². The Morgan fingerprint density at radius 2 is 1.58 bits per heavy atom. The molecule has 0 aliphatic carbocycles. The van der Waals surface area contributed by atoms with Crippen LogP contribution in [0.1, 0.15) is 59.9 Å². The molecule has 3 amide bonds. The second-order valence-electron chi connectivity index (χ2n) is 8.07. The van der Waals surface area contributed by atoms with E-state index in [4.69, 9.17) is 9.47 Å². The van der Waals surface area contributed by atoms with E-state index in [0.717, 1.165) is 18.4 Å². The maximum atomic E-state index is 12.7. The first-order valence-electron chi connectivity index (χ1n) is 11.0. The van der Waals surface area contributed by atoms with Gasteiger partial charge in [-0.3, -0.25) is 25.2 Å². The van der Waals surface area contributed by atoms with Crippen molar-refractivity contribution < 1.29 is 23.9 Å². The summed E-state index contributed by atoms with van der Waals surface area (Å²) in [6.07, 6.45) is 1.92. The molecule has 8 nitrogen and oxygen atoms in total. The van der Waals surface area contributed by atoms with Gasteiger partial charge in [-0.1, -0.05) is 44.9 Å². The molecular formula is C25H33N3O5. The van der Waals surface area contributed by atoms with Crippen LogP contribution in [0.2, 0.25) is 0 Å². The number of carbonyl (C=O) groups excluding carboxylic acids is 3. The number of nitrogens with one attached hydrogen (secondary N) is 3. The van der Waals surface area contributed by atoms with E-state index >= 15 is 0 Å². The van der Waals surface area contributed by atoms with Gasteiger partial charge >= 0.3 is 0 Å². The van der Waals surface area contributed by atoms with Gasteiger partial charge < -0.3 is 14.8 Å². The SMILES string of the molecule is CCCCOc1ccc(C(=O)NNC(=O)[C@@H](NC(=O)c2ccc(C)cc2)C(C)C)cc1OC. The van der Waals surface area contributed by atoms with E-state index in [1.165, 1.54) is 7.11 Å². The molecule has 0 radical (unpaired) electrons. The average Bonchev–Trinajstić information content (AvgIpc) is 2.81. The molecule has 178 valence electrons. The highest BCUT2D eigenvalue weighted by molar-refractivity contribution is 5.99. The van der Waals surface area contributed by atoms with Crippen LogP contribution in [0.5, 0.6) is 11.5 Å². The van der Waals surface area contributed by atoms with E-state index in [0.29, 0.717) is 29.2 Å². The van der Waals surface area contributed by atoms with Gasteiger partial charge in [0.25, 0.3) is 17.7 Å². The predicted octanol–water partition coefficient (Wildman–Crippen LogP) is 3.40. The van der Waals surface area contributed by atoms with Gasteiger partial charge in [0.05, 0.1) is 13.7 Å². The number of amides is 3. The quantitative estimate of drug-likeness (QED) is 0.376. The molecule has 0 spiro atoms. The minimum Gasteiger partial charge on any atom is -0.493 e. The smallest absolute Gasteiger partial charge is 0.269 e. The van der Waals surface area contributed by atoms with E-state index in [9.17, 15) is 14.4 Å². The van der Waals surface area contributed by atoms with Crippen LogP contribution >= 0.6 is 0 Å². The van der Waals surface area contributed by atoms with Gasteiger partial charge in [0.1, 0.15) is 6.04 Å². The lowest BCUT2D eigenvalue weighted by molar-refractivity contribution is -0.124. The van der Waals surface area contributed by atoms with Crippen LogP contribution in [0.25, 0.3) is 0 Å². The molecule has 2 rings (SSSR count). The summed E-state index contributed by atoms with van der Waals surface area (Å²) >= 11 is 0. The Hall–Kier alpha value is -3.55. The lowest BCUT2D eigenvalue weighted by Crippen LogP contribution is -2.54. The van der Waals surface area contributed by atoms with Gasteiger partial charge in [-0.25, -0.2) is 0 Å². The van der Waals surface area contributed by atoms with Crippen molar-refractivity contribution >= 4 is 17.7 Å². The molecule has 0 aliphatic rings. The van der Waals surface area contributed by atoms with E-state index < -0.39 is 17.9 Å². The van der Waals surface area contributed by atoms with Gasteiger partial charge in [0, 0.05) is 11.1 Å². The van der Waals surface area contributed by atoms with E-state index in [-0.39, 0.29) is 11.8 Å². The predicted molar refractivity (Wildman–Crippen MR) is 126 cm³/mol. The monoisotopic (exact) mass is 455 g/mol. The summed E-state index contributed by atoms with van der Waals surface area (Å²) in [5.74, 6) is -0.630. The summed E-state index contributed by atoms with van der Waals surface area (Å²) in [6, 6.07) is 11.0. The van der Waals surface area contributed by atoms with Crippen LogP contribution in [-0.2, 0) is 4.79 Å².